The van der Waals surface area contributed by atoms with Crippen molar-refractivity contribution in [1.82, 2.24) is 4.98 Å². The maximum absolute atomic E-state index is 5.40. The molecule has 0 aliphatic carbocycles. The highest BCUT2D eigenvalue weighted by Gasteiger charge is 2.10. The molecule has 3 aromatic rings. The van der Waals surface area contributed by atoms with Crippen LogP contribution in [0.5, 0.6) is 17.2 Å². The Bertz CT molecular complexity index is 863. The molecule has 26 heavy (non-hydrogen) atoms. The fraction of sp³-hybridized carbons (Fsp3) is 0.190. The average Bonchev–Trinajstić information content (AvgIpc) is 2.72. The summed E-state index contributed by atoms with van der Waals surface area (Å²) in [4.78, 5) is 4.54. The van der Waals surface area contributed by atoms with Crippen molar-refractivity contribution in [1.29, 1.82) is 0 Å². The third-order valence-corrected chi connectivity index (χ3v) is 4.11. The van der Waals surface area contributed by atoms with Crippen molar-refractivity contribution in [3.05, 3.63) is 66.4 Å². The highest BCUT2D eigenvalue weighted by atomic mass is 16.5. The van der Waals surface area contributed by atoms with Gasteiger partial charge in [0.05, 0.1) is 32.7 Å². The Balaban J connectivity index is 1.83. The lowest BCUT2D eigenvalue weighted by atomic mass is 10.1. The summed E-state index contributed by atoms with van der Waals surface area (Å²) in [5.74, 6) is 2.22. The van der Waals surface area contributed by atoms with Crippen molar-refractivity contribution in [3.63, 3.8) is 0 Å². The van der Waals surface area contributed by atoms with Crippen molar-refractivity contribution in [3.8, 4) is 28.5 Å². The number of anilines is 1. The van der Waals surface area contributed by atoms with Gasteiger partial charge in [-0.15, -0.1) is 0 Å². The SMILES string of the molecule is COc1ccc(CNc2cccnc2-c2ccc(OC)c(OC)c2)cc1. The minimum absolute atomic E-state index is 0.678. The average molecular weight is 350 g/mol. The van der Waals surface area contributed by atoms with E-state index < -0.39 is 0 Å². The smallest absolute Gasteiger partial charge is 0.161 e. The van der Waals surface area contributed by atoms with Crippen LogP contribution in [0.4, 0.5) is 5.69 Å². The Morgan fingerprint density at radius 3 is 2.31 bits per heavy atom. The molecule has 0 radical (unpaired) electrons. The Hall–Kier alpha value is -3.21. The summed E-state index contributed by atoms with van der Waals surface area (Å²) in [6.07, 6.45) is 1.78. The highest BCUT2D eigenvalue weighted by Crippen LogP contribution is 2.34. The van der Waals surface area contributed by atoms with E-state index in [9.17, 15) is 0 Å². The molecule has 1 aromatic heterocycles. The molecule has 0 spiro atoms. The molecule has 0 fully saturated rings. The summed E-state index contributed by atoms with van der Waals surface area (Å²) in [6.45, 7) is 0.690. The lowest BCUT2D eigenvalue weighted by Crippen LogP contribution is -2.02. The molecule has 0 unspecified atom stereocenters. The largest absolute Gasteiger partial charge is 0.497 e. The Morgan fingerprint density at radius 2 is 1.62 bits per heavy atom. The standard InChI is InChI=1S/C21H22N2O3/c1-24-17-9-6-15(7-10-17)14-23-18-5-4-12-22-21(18)16-8-11-19(25-2)20(13-16)26-3/h4-13,23H,14H2,1-3H3. The number of rotatable bonds is 7. The molecule has 0 amide bonds. The minimum atomic E-state index is 0.678. The first-order valence-corrected chi connectivity index (χ1v) is 8.29. The molecule has 0 aliphatic heterocycles. The van der Waals surface area contributed by atoms with Crippen LogP contribution in [0.1, 0.15) is 5.56 Å². The molecule has 5 nitrogen and oxygen atoms in total. The molecule has 0 bridgehead atoms. The van der Waals surface area contributed by atoms with Gasteiger partial charge in [0.15, 0.2) is 11.5 Å². The number of ether oxygens (including phenoxy) is 3. The fourth-order valence-corrected chi connectivity index (χ4v) is 2.70. The first-order chi connectivity index (χ1) is 12.7. The van der Waals surface area contributed by atoms with Crippen LogP contribution in [-0.2, 0) is 6.54 Å². The van der Waals surface area contributed by atoms with E-state index in [-0.39, 0.29) is 0 Å². The Kier molecular flexibility index (Phi) is 5.59. The molecular weight excluding hydrogens is 328 g/mol. The first kappa shape index (κ1) is 17.6. The van der Waals surface area contributed by atoms with Crippen LogP contribution in [0.3, 0.4) is 0 Å². The van der Waals surface area contributed by atoms with E-state index in [1.807, 2.05) is 54.6 Å². The van der Waals surface area contributed by atoms with Crippen molar-refractivity contribution >= 4 is 5.69 Å². The Morgan fingerprint density at radius 1 is 0.846 bits per heavy atom. The lowest BCUT2D eigenvalue weighted by molar-refractivity contribution is 0.355. The van der Waals surface area contributed by atoms with Crippen molar-refractivity contribution in [2.75, 3.05) is 26.6 Å². The molecular formula is C21H22N2O3. The van der Waals surface area contributed by atoms with E-state index >= 15 is 0 Å². The number of methoxy groups -OCH3 is 3. The summed E-state index contributed by atoms with van der Waals surface area (Å²) < 4.78 is 15.9. The van der Waals surface area contributed by atoms with Crippen molar-refractivity contribution in [2.45, 2.75) is 6.54 Å². The zero-order valence-corrected chi connectivity index (χ0v) is 15.2. The Labute approximate surface area is 153 Å². The van der Waals surface area contributed by atoms with E-state index in [1.165, 1.54) is 0 Å². The van der Waals surface area contributed by atoms with Gasteiger partial charge in [0.2, 0.25) is 0 Å². The van der Waals surface area contributed by atoms with Crippen LogP contribution in [0.25, 0.3) is 11.3 Å². The molecule has 1 heterocycles. The molecule has 5 heteroatoms. The van der Waals surface area contributed by atoms with Crippen molar-refractivity contribution < 1.29 is 14.2 Å². The molecule has 134 valence electrons. The van der Waals surface area contributed by atoms with Gasteiger partial charge in [-0.1, -0.05) is 12.1 Å². The maximum Gasteiger partial charge on any atom is 0.161 e. The number of hydrogen-bond acceptors (Lipinski definition) is 5. The number of hydrogen-bond donors (Lipinski definition) is 1. The predicted octanol–water partition coefficient (Wildman–Crippen LogP) is 4.39. The normalized spacial score (nSPS) is 10.3. The second-order valence-electron chi connectivity index (χ2n) is 5.67. The first-order valence-electron chi connectivity index (χ1n) is 8.29. The van der Waals surface area contributed by atoms with Gasteiger partial charge in [-0.25, -0.2) is 0 Å². The topological polar surface area (TPSA) is 52.6 Å². The lowest BCUT2D eigenvalue weighted by Gasteiger charge is -2.13. The van der Waals surface area contributed by atoms with Crippen LogP contribution in [0, 0.1) is 0 Å². The zero-order valence-electron chi connectivity index (χ0n) is 15.2. The summed E-state index contributed by atoms with van der Waals surface area (Å²) in [6, 6.07) is 17.7. The van der Waals surface area contributed by atoms with E-state index in [1.54, 1.807) is 27.5 Å². The maximum atomic E-state index is 5.40. The number of nitrogens with one attached hydrogen (secondary N) is 1. The number of pyridine rings is 1. The van der Waals surface area contributed by atoms with Gasteiger partial charge in [-0.3, -0.25) is 4.98 Å². The quantitative estimate of drug-likeness (QED) is 0.685. The molecule has 3 rings (SSSR count). The van der Waals surface area contributed by atoms with Crippen molar-refractivity contribution in [2.24, 2.45) is 0 Å². The minimum Gasteiger partial charge on any atom is -0.497 e. The van der Waals surface area contributed by atoms with Gasteiger partial charge in [0, 0.05) is 18.3 Å². The third-order valence-electron chi connectivity index (χ3n) is 4.11. The molecule has 0 saturated carbocycles. The monoisotopic (exact) mass is 350 g/mol. The van der Waals surface area contributed by atoms with Crippen LogP contribution in [-0.4, -0.2) is 26.3 Å². The summed E-state index contributed by atoms with van der Waals surface area (Å²) in [5, 5.41) is 3.46. The van der Waals surface area contributed by atoms with Gasteiger partial charge in [-0.05, 0) is 48.0 Å². The number of benzene rings is 2. The summed E-state index contributed by atoms with van der Waals surface area (Å²) >= 11 is 0. The van der Waals surface area contributed by atoms with Crippen LogP contribution < -0.4 is 19.5 Å². The summed E-state index contributed by atoms with van der Waals surface area (Å²) in [7, 11) is 4.92. The molecule has 0 atom stereocenters. The second-order valence-corrected chi connectivity index (χ2v) is 5.67. The van der Waals surface area contributed by atoms with Crippen LogP contribution in [0.15, 0.2) is 60.8 Å². The number of aromatic nitrogens is 1. The molecule has 0 saturated heterocycles. The summed E-state index contributed by atoms with van der Waals surface area (Å²) in [5.41, 5.74) is 3.94. The molecule has 0 aliphatic rings. The molecule has 1 N–H and O–H groups in total. The zero-order chi connectivity index (χ0) is 18.4. The van der Waals surface area contributed by atoms with Gasteiger partial charge < -0.3 is 19.5 Å². The van der Waals surface area contributed by atoms with Gasteiger partial charge in [0.25, 0.3) is 0 Å². The van der Waals surface area contributed by atoms with Crippen LogP contribution in [0.2, 0.25) is 0 Å². The van der Waals surface area contributed by atoms with Gasteiger partial charge in [-0.2, -0.15) is 0 Å². The second kappa shape index (κ2) is 8.25. The van der Waals surface area contributed by atoms with E-state index in [2.05, 4.69) is 10.3 Å². The van der Waals surface area contributed by atoms with Gasteiger partial charge in [0.1, 0.15) is 5.75 Å². The van der Waals surface area contributed by atoms with E-state index in [0.717, 1.165) is 28.3 Å². The van der Waals surface area contributed by atoms with E-state index in [0.29, 0.717) is 18.0 Å². The third kappa shape index (κ3) is 3.88. The molecule has 2 aromatic carbocycles. The predicted molar refractivity (Wildman–Crippen MR) is 103 cm³/mol. The van der Waals surface area contributed by atoms with Gasteiger partial charge >= 0.3 is 0 Å². The van der Waals surface area contributed by atoms with Crippen LogP contribution >= 0.6 is 0 Å². The van der Waals surface area contributed by atoms with E-state index in [4.69, 9.17) is 14.2 Å². The fourth-order valence-electron chi connectivity index (χ4n) is 2.70. The number of nitrogens with zero attached hydrogens (tertiary/aromatic N) is 1. The highest BCUT2D eigenvalue weighted by molar-refractivity contribution is 5.75.